The molecule has 0 aliphatic heterocycles. The van der Waals surface area contributed by atoms with Crippen molar-refractivity contribution < 1.29 is 0 Å². The van der Waals surface area contributed by atoms with Crippen LogP contribution in [0.1, 0.15) is 18.1 Å². The molecule has 2 nitrogen and oxygen atoms in total. The summed E-state index contributed by atoms with van der Waals surface area (Å²) < 4.78 is 2.40. The van der Waals surface area contributed by atoms with E-state index >= 15 is 0 Å². The quantitative estimate of drug-likeness (QED) is 0.223. The lowest BCUT2D eigenvalue weighted by Gasteiger charge is -2.25. The van der Waals surface area contributed by atoms with Crippen molar-refractivity contribution in [2.24, 2.45) is 0 Å². The number of fused-ring (bicyclic) bond motifs is 3. The minimum atomic E-state index is 0.948. The molecular formula is C34H28N2. The van der Waals surface area contributed by atoms with Gasteiger partial charge in [-0.3, -0.25) is 0 Å². The first-order valence-corrected chi connectivity index (χ1v) is 12.5. The topological polar surface area (TPSA) is 8.17 Å². The van der Waals surface area contributed by atoms with Crippen LogP contribution in [-0.4, -0.2) is 4.57 Å². The van der Waals surface area contributed by atoms with Gasteiger partial charge in [0.1, 0.15) is 0 Å². The first-order valence-electron chi connectivity index (χ1n) is 12.5. The average Bonchev–Trinajstić information content (AvgIpc) is 3.27. The molecule has 0 N–H and O–H groups in total. The van der Waals surface area contributed by atoms with E-state index in [9.17, 15) is 0 Å². The van der Waals surface area contributed by atoms with Gasteiger partial charge in [-0.2, -0.15) is 0 Å². The van der Waals surface area contributed by atoms with Crippen LogP contribution >= 0.6 is 0 Å². The van der Waals surface area contributed by atoms with Crippen LogP contribution in [0.25, 0.3) is 34.0 Å². The van der Waals surface area contributed by atoms with E-state index < -0.39 is 0 Å². The zero-order valence-corrected chi connectivity index (χ0v) is 20.4. The summed E-state index contributed by atoms with van der Waals surface area (Å²) in [5, 5.41) is 2.58. The van der Waals surface area contributed by atoms with Gasteiger partial charge in [0.15, 0.2) is 0 Å². The second kappa shape index (κ2) is 9.59. The molecule has 6 rings (SSSR count). The molecule has 174 valence electrons. The largest absolute Gasteiger partial charge is 0.341 e. The summed E-state index contributed by atoms with van der Waals surface area (Å²) in [6, 6.07) is 45.3. The summed E-state index contributed by atoms with van der Waals surface area (Å²) in [6.45, 7) is 3.16. The third-order valence-corrected chi connectivity index (χ3v) is 6.76. The zero-order valence-electron chi connectivity index (χ0n) is 20.4. The van der Waals surface area contributed by atoms with Gasteiger partial charge in [0.2, 0.25) is 0 Å². The van der Waals surface area contributed by atoms with Crippen LogP contribution in [0.15, 0.2) is 127 Å². The van der Waals surface area contributed by atoms with Crippen LogP contribution < -0.4 is 4.90 Å². The minimum Gasteiger partial charge on any atom is -0.341 e. The fourth-order valence-electron chi connectivity index (χ4n) is 5.04. The smallest absolute Gasteiger partial charge is 0.0492 e. The number of anilines is 3. The highest BCUT2D eigenvalue weighted by Gasteiger charge is 2.15. The Labute approximate surface area is 212 Å². The van der Waals surface area contributed by atoms with Crippen LogP contribution in [0, 0.1) is 0 Å². The van der Waals surface area contributed by atoms with Crippen molar-refractivity contribution in [3.8, 4) is 0 Å². The number of hydrogen-bond acceptors (Lipinski definition) is 1. The number of aromatic nitrogens is 1. The Morgan fingerprint density at radius 2 is 1.08 bits per heavy atom. The Morgan fingerprint density at radius 1 is 0.528 bits per heavy atom. The zero-order chi connectivity index (χ0) is 24.3. The summed E-state index contributed by atoms with van der Waals surface area (Å²) >= 11 is 0. The maximum absolute atomic E-state index is 2.40. The summed E-state index contributed by atoms with van der Waals surface area (Å²) in [4.78, 5) is 2.34. The third-order valence-electron chi connectivity index (χ3n) is 6.76. The second-order valence-corrected chi connectivity index (χ2v) is 8.97. The van der Waals surface area contributed by atoms with E-state index in [-0.39, 0.29) is 0 Å². The number of benzene rings is 5. The van der Waals surface area contributed by atoms with Crippen molar-refractivity contribution >= 4 is 51.0 Å². The SMILES string of the molecule is CCn1c2ccccc2c2cc(N(c3ccccc3)c3ccc(/C=C/c4ccccc4)cc3)ccc21. The number of aryl methyl sites for hydroxylation is 1. The highest BCUT2D eigenvalue weighted by atomic mass is 15.1. The molecule has 2 heteroatoms. The Morgan fingerprint density at radius 3 is 1.81 bits per heavy atom. The molecule has 0 radical (unpaired) electrons. The van der Waals surface area contributed by atoms with Crippen LogP contribution in [0.5, 0.6) is 0 Å². The van der Waals surface area contributed by atoms with Crippen LogP contribution in [-0.2, 0) is 6.54 Å². The van der Waals surface area contributed by atoms with E-state index in [1.54, 1.807) is 0 Å². The molecule has 1 heterocycles. The molecule has 0 unspecified atom stereocenters. The predicted octanol–water partition coefficient (Wildman–Crippen LogP) is 9.45. The first-order chi connectivity index (χ1) is 17.8. The van der Waals surface area contributed by atoms with Gasteiger partial charge >= 0.3 is 0 Å². The predicted molar refractivity (Wildman–Crippen MR) is 155 cm³/mol. The van der Waals surface area contributed by atoms with Crippen LogP contribution in [0.4, 0.5) is 17.1 Å². The lowest BCUT2D eigenvalue weighted by Crippen LogP contribution is -2.09. The Bertz CT molecular complexity index is 1640. The second-order valence-electron chi connectivity index (χ2n) is 8.97. The molecule has 1 aromatic heterocycles. The number of nitrogens with zero attached hydrogens (tertiary/aromatic N) is 2. The summed E-state index contributed by atoms with van der Waals surface area (Å²) in [5.74, 6) is 0. The van der Waals surface area contributed by atoms with Crippen molar-refractivity contribution in [2.45, 2.75) is 13.5 Å². The van der Waals surface area contributed by atoms with E-state index in [0.717, 1.165) is 23.6 Å². The average molecular weight is 465 g/mol. The summed E-state index contributed by atoms with van der Waals surface area (Å²) in [6.07, 6.45) is 4.32. The van der Waals surface area contributed by atoms with Gasteiger partial charge in [-0.1, -0.05) is 91.0 Å². The molecule has 5 aromatic carbocycles. The Kier molecular flexibility index (Phi) is 5.85. The van der Waals surface area contributed by atoms with Crippen molar-refractivity contribution in [3.05, 3.63) is 139 Å². The Hall–Kier alpha value is -4.56. The third kappa shape index (κ3) is 4.08. The minimum absolute atomic E-state index is 0.948. The molecule has 0 spiro atoms. The van der Waals surface area contributed by atoms with Crippen molar-refractivity contribution in [1.82, 2.24) is 4.57 Å². The maximum atomic E-state index is 2.40. The van der Waals surface area contributed by atoms with Gasteiger partial charge in [-0.25, -0.2) is 0 Å². The standard InChI is InChI=1S/C34H28N2/c1-2-35-33-16-10-9-15-31(33)32-25-30(23-24-34(32)35)36(28-13-7-4-8-14-28)29-21-19-27(20-22-29)18-17-26-11-5-3-6-12-26/h3-25H,2H2,1H3/b18-17+. The molecule has 0 saturated carbocycles. The molecule has 0 amide bonds. The molecule has 6 aromatic rings. The van der Waals surface area contributed by atoms with Crippen molar-refractivity contribution in [1.29, 1.82) is 0 Å². The lowest BCUT2D eigenvalue weighted by molar-refractivity contribution is 0.827. The molecule has 0 bridgehead atoms. The monoisotopic (exact) mass is 464 g/mol. The van der Waals surface area contributed by atoms with E-state index in [2.05, 4.69) is 150 Å². The molecular weight excluding hydrogens is 436 g/mol. The van der Waals surface area contributed by atoms with E-state index in [1.165, 1.54) is 32.9 Å². The van der Waals surface area contributed by atoms with Gasteiger partial charge in [-0.15, -0.1) is 0 Å². The summed E-state index contributed by atoms with van der Waals surface area (Å²) in [5.41, 5.74) is 8.37. The molecule has 0 aliphatic rings. The molecule has 0 saturated heterocycles. The van der Waals surface area contributed by atoms with E-state index in [1.807, 2.05) is 6.07 Å². The van der Waals surface area contributed by atoms with E-state index in [0.29, 0.717) is 0 Å². The van der Waals surface area contributed by atoms with Crippen molar-refractivity contribution in [3.63, 3.8) is 0 Å². The highest BCUT2D eigenvalue weighted by molar-refractivity contribution is 6.09. The lowest BCUT2D eigenvalue weighted by atomic mass is 10.1. The van der Waals surface area contributed by atoms with Gasteiger partial charge in [0, 0.05) is 45.4 Å². The fourth-order valence-corrected chi connectivity index (χ4v) is 5.04. The summed E-state index contributed by atoms with van der Waals surface area (Å²) in [7, 11) is 0. The van der Waals surface area contributed by atoms with Crippen LogP contribution in [0.3, 0.4) is 0 Å². The molecule has 0 fully saturated rings. The van der Waals surface area contributed by atoms with Gasteiger partial charge in [-0.05, 0) is 66.6 Å². The molecule has 0 aliphatic carbocycles. The highest BCUT2D eigenvalue weighted by Crippen LogP contribution is 2.38. The first kappa shape index (κ1) is 21.9. The van der Waals surface area contributed by atoms with Crippen molar-refractivity contribution in [2.75, 3.05) is 4.90 Å². The van der Waals surface area contributed by atoms with Crippen LogP contribution in [0.2, 0.25) is 0 Å². The number of para-hydroxylation sites is 2. The van der Waals surface area contributed by atoms with Gasteiger partial charge in [0.05, 0.1) is 0 Å². The number of rotatable bonds is 6. The van der Waals surface area contributed by atoms with E-state index in [4.69, 9.17) is 0 Å². The normalized spacial score (nSPS) is 11.5. The van der Waals surface area contributed by atoms with Gasteiger partial charge < -0.3 is 9.47 Å². The fraction of sp³-hybridized carbons (Fsp3) is 0.0588. The molecule has 36 heavy (non-hydrogen) atoms. The molecule has 0 atom stereocenters. The number of hydrogen-bond donors (Lipinski definition) is 0. The Balaban J connectivity index is 1.43. The van der Waals surface area contributed by atoms with Gasteiger partial charge in [0.25, 0.3) is 0 Å². The maximum Gasteiger partial charge on any atom is 0.0492 e.